The molecule has 0 aliphatic carbocycles. The van der Waals surface area contributed by atoms with Crippen LogP contribution in [0.25, 0.3) is 0 Å². The number of rotatable bonds is 4. The maximum Gasteiger partial charge on any atom is 0.237 e. The Morgan fingerprint density at radius 1 is 1.35 bits per heavy atom. The molecule has 0 unspecified atom stereocenters. The minimum Gasteiger partial charge on any atom is -0.397 e. The van der Waals surface area contributed by atoms with E-state index >= 15 is 0 Å². The summed E-state index contributed by atoms with van der Waals surface area (Å²) in [5.74, 6) is -0.498. The number of aromatic nitrogens is 1. The van der Waals surface area contributed by atoms with Crippen molar-refractivity contribution in [1.82, 2.24) is 4.57 Å². The first-order valence-corrected chi connectivity index (χ1v) is 6.23. The summed E-state index contributed by atoms with van der Waals surface area (Å²) in [5.41, 5.74) is 15.0. The Balaban J connectivity index is 2.40. The number of hydrogen-bond acceptors (Lipinski definition) is 3. The fraction of sp³-hybridized carbons (Fsp3) is 0.200. The lowest BCUT2D eigenvalue weighted by atomic mass is 10.1. The van der Waals surface area contributed by atoms with Gasteiger partial charge in [0.25, 0.3) is 0 Å². The molecule has 0 saturated heterocycles. The molecule has 5 nitrogen and oxygen atoms in total. The molecule has 0 saturated carbocycles. The zero-order valence-electron chi connectivity index (χ0n) is 11.3. The number of nitrogen functional groups attached to an aromatic ring is 1. The molecule has 102 valence electrons. The van der Waals surface area contributed by atoms with Crippen LogP contribution < -0.4 is 11.5 Å². The fourth-order valence-corrected chi connectivity index (χ4v) is 2.14. The first-order chi connectivity index (χ1) is 9.51. The lowest BCUT2D eigenvalue weighted by Crippen LogP contribution is -2.21. The van der Waals surface area contributed by atoms with Crippen LogP contribution in [0.15, 0.2) is 30.3 Å². The molecule has 0 fully saturated rings. The monoisotopic (exact) mass is 268 g/mol. The van der Waals surface area contributed by atoms with E-state index in [0.29, 0.717) is 17.8 Å². The van der Waals surface area contributed by atoms with Gasteiger partial charge in [0.05, 0.1) is 5.69 Å². The number of aryl methyl sites for hydroxylation is 1. The molecule has 2 rings (SSSR count). The van der Waals surface area contributed by atoms with E-state index in [4.69, 9.17) is 16.7 Å². The number of nitrogens with two attached hydrogens (primary N) is 2. The van der Waals surface area contributed by atoms with Gasteiger partial charge in [0.15, 0.2) is 0 Å². The number of nitrogens with zero attached hydrogens (tertiary/aromatic N) is 2. The van der Waals surface area contributed by atoms with Crippen molar-refractivity contribution in [1.29, 1.82) is 5.26 Å². The van der Waals surface area contributed by atoms with Crippen molar-refractivity contribution in [3.8, 4) is 6.07 Å². The van der Waals surface area contributed by atoms with Crippen molar-refractivity contribution in [2.45, 2.75) is 19.9 Å². The van der Waals surface area contributed by atoms with E-state index in [9.17, 15) is 4.79 Å². The van der Waals surface area contributed by atoms with E-state index in [2.05, 4.69) is 0 Å². The van der Waals surface area contributed by atoms with Crippen molar-refractivity contribution in [3.05, 3.63) is 52.8 Å². The molecule has 1 heterocycles. The number of carbonyl (C=O) groups excluding carboxylic acids is 1. The summed E-state index contributed by atoms with van der Waals surface area (Å²) >= 11 is 0. The van der Waals surface area contributed by atoms with Crippen molar-refractivity contribution in [2.75, 3.05) is 5.73 Å². The van der Waals surface area contributed by atoms with Crippen LogP contribution in [0.2, 0.25) is 0 Å². The number of hydrogen-bond donors (Lipinski definition) is 2. The van der Waals surface area contributed by atoms with Crippen LogP contribution >= 0.6 is 0 Å². The third-order valence-corrected chi connectivity index (χ3v) is 3.16. The average molecular weight is 268 g/mol. The predicted octanol–water partition coefficient (Wildman–Crippen LogP) is 1.33. The highest BCUT2D eigenvalue weighted by atomic mass is 16.1. The van der Waals surface area contributed by atoms with Gasteiger partial charge in [-0.3, -0.25) is 4.79 Å². The van der Waals surface area contributed by atoms with Gasteiger partial charge in [-0.25, -0.2) is 0 Å². The second-order valence-electron chi connectivity index (χ2n) is 4.76. The Hall–Kier alpha value is -2.74. The Bertz CT molecular complexity index is 677. The van der Waals surface area contributed by atoms with Gasteiger partial charge < -0.3 is 16.0 Å². The van der Waals surface area contributed by atoms with Crippen molar-refractivity contribution < 1.29 is 4.79 Å². The minimum atomic E-state index is -0.498. The van der Waals surface area contributed by atoms with Crippen molar-refractivity contribution in [2.24, 2.45) is 5.73 Å². The maximum absolute atomic E-state index is 11.1. The van der Waals surface area contributed by atoms with Gasteiger partial charge in [-0.05, 0) is 18.6 Å². The zero-order valence-corrected chi connectivity index (χ0v) is 11.3. The third kappa shape index (κ3) is 2.81. The van der Waals surface area contributed by atoms with Crippen LogP contribution in [-0.2, 0) is 17.8 Å². The SMILES string of the molecule is Cc1ccc(Cc2c(N)cc(C#N)n2CC(N)=O)cc1. The van der Waals surface area contributed by atoms with Gasteiger partial charge >= 0.3 is 0 Å². The van der Waals surface area contributed by atoms with Gasteiger partial charge in [0, 0.05) is 12.1 Å². The highest BCUT2D eigenvalue weighted by Gasteiger charge is 2.15. The summed E-state index contributed by atoms with van der Waals surface area (Å²) in [4.78, 5) is 11.1. The predicted molar refractivity (Wildman–Crippen MR) is 76.7 cm³/mol. The largest absolute Gasteiger partial charge is 0.397 e. The fourth-order valence-electron chi connectivity index (χ4n) is 2.14. The van der Waals surface area contributed by atoms with Crippen LogP contribution in [0.5, 0.6) is 0 Å². The lowest BCUT2D eigenvalue weighted by molar-refractivity contribution is -0.118. The molecule has 2 aromatic rings. The molecule has 0 aliphatic heterocycles. The number of carbonyl (C=O) groups is 1. The van der Waals surface area contributed by atoms with Gasteiger partial charge in [-0.1, -0.05) is 29.8 Å². The lowest BCUT2D eigenvalue weighted by Gasteiger charge is -2.10. The molecule has 0 radical (unpaired) electrons. The molecule has 20 heavy (non-hydrogen) atoms. The first kappa shape index (κ1) is 13.7. The second kappa shape index (κ2) is 5.49. The Morgan fingerprint density at radius 3 is 2.55 bits per heavy atom. The summed E-state index contributed by atoms with van der Waals surface area (Å²) in [5, 5.41) is 9.09. The molecule has 1 aromatic carbocycles. The molecule has 5 heteroatoms. The molecule has 1 amide bonds. The number of primary amides is 1. The van der Waals surface area contributed by atoms with Gasteiger partial charge in [0.2, 0.25) is 5.91 Å². The smallest absolute Gasteiger partial charge is 0.237 e. The van der Waals surface area contributed by atoms with E-state index in [0.717, 1.165) is 11.3 Å². The van der Waals surface area contributed by atoms with Crippen LogP contribution in [0.4, 0.5) is 5.69 Å². The topological polar surface area (TPSA) is 97.8 Å². The summed E-state index contributed by atoms with van der Waals surface area (Å²) in [7, 11) is 0. The standard InChI is InChI=1S/C15H16N4O/c1-10-2-4-11(5-3-10)6-14-13(17)7-12(8-16)19(14)9-15(18)20/h2-5,7H,6,9,17H2,1H3,(H2,18,20). The Morgan fingerprint density at radius 2 is 2.00 bits per heavy atom. The van der Waals surface area contributed by atoms with Crippen LogP contribution in [0, 0.1) is 18.3 Å². The molecule has 0 spiro atoms. The van der Waals surface area contributed by atoms with Gasteiger partial charge in [-0.2, -0.15) is 5.26 Å². The Labute approximate surface area is 117 Å². The van der Waals surface area contributed by atoms with E-state index in [1.165, 1.54) is 5.56 Å². The highest BCUT2D eigenvalue weighted by molar-refractivity contribution is 5.74. The molecule has 0 bridgehead atoms. The van der Waals surface area contributed by atoms with E-state index < -0.39 is 5.91 Å². The average Bonchev–Trinajstić information content (AvgIpc) is 2.69. The highest BCUT2D eigenvalue weighted by Crippen LogP contribution is 2.21. The van der Waals surface area contributed by atoms with Gasteiger partial charge in [-0.15, -0.1) is 0 Å². The molecule has 0 aliphatic rings. The zero-order chi connectivity index (χ0) is 14.7. The number of benzene rings is 1. The van der Waals surface area contributed by atoms with E-state index in [1.807, 2.05) is 37.3 Å². The van der Waals surface area contributed by atoms with Crippen LogP contribution in [-0.4, -0.2) is 10.5 Å². The Kier molecular flexibility index (Phi) is 3.76. The maximum atomic E-state index is 11.1. The van der Waals surface area contributed by atoms with Crippen LogP contribution in [0.1, 0.15) is 22.5 Å². The molecular formula is C15H16N4O. The number of amides is 1. The number of nitriles is 1. The summed E-state index contributed by atoms with van der Waals surface area (Å²) < 4.78 is 1.58. The van der Waals surface area contributed by atoms with E-state index in [-0.39, 0.29) is 6.54 Å². The summed E-state index contributed by atoms with van der Waals surface area (Å²) in [6, 6.07) is 11.6. The normalized spacial score (nSPS) is 10.2. The van der Waals surface area contributed by atoms with Crippen molar-refractivity contribution >= 4 is 11.6 Å². The first-order valence-electron chi connectivity index (χ1n) is 6.23. The molecule has 1 aromatic heterocycles. The molecule has 0 atom stereocenters. The third-order valence-electron chi connectivity index (χ3n) is 3.16. The number of anilines is 1. The van der Waals surface area contributed by atoms with Gasteiger partial charge in [0.1, 0.15) is 18.3 Å². The van der Waals surface area contributed by atoms with E-state index in [1.54, 1.807) is 10.6 Å². The quantitative estimate of drug-likeness (QED) is 0.875. The second-order valence-corrected chi connectivity index (χ2v) is 4.76. The summed E-state index contributed by atoms with van der Waals surface area (Å²) in [6.45, 7) is 1.98. The summed E-state index contributed by atoms with van der Waals surface area (Å²) in [6.07, 6.45) is 0.557. The molecule has 4 N–H and O–H groups in total. The minimum absolute atomic E-state index is 0.0404. The molecular weight excluding hydrogens is 252 g/mol. The van der Waals surface area contributed by atoms with Crippen molar-refractivity contribution in [3.63, 3.8) is 0 Å². The van der Waals surface area contributed by atoms with Crippen LogP contribution in [0.3, 0.4) is 0 Å².